The summed E-state index contributed by atoms with van der Waals surface area (Å²) in [7, 11) is 3.01. The summed E-state index contributed by atoms with van der Waals surface area (Å²) in [6.07, 6.45) is 3.83. The van der Waals surface area contributed by atoms with Crippen LogP contribution in [-0.4, -0.2) is 36.5 Å². The van der Waals surface area contributed by atoms with Crippen LogP contribution in [-0.2, 0) is 16.0 Å². The van der Waals surface area contributed by atoms with E-state index in [-0.39, 0.29) is 23.5 Å². The summed E-state index contributed by atoms with van der Waals surface area (Å²) in [5.74, 6) is 0.333. The van der Waals surface area contributed by atoms with E-state index in [4.69, 9.17) is 14.2 Å². The summed E-state index contributed by atoms with van der Waals surface area (Å²) in [5, 5.41) is 10.4. The molecule has 0 bridgehead atoms. The van der Waals surface area contributed by atoms with Crippen LogP contribution in [0.2, 0.25) is 0 Å². The van der Waals surface area contributed by atoms with Gasteiger partial charge < -0.3 is 19.3 Å². The summed E-state index contributed by atoms with van der Waals surface area (Å²) < 4.78 is 18.2. The predicted octanol–water partition coefficient (Wildman–Crippen LogP) is 3.25. The SMILES string of the molecule is C=CCc1cc(C=c2sc3n(c2=O)[C@@H](c2ccccc2OC)C(C(=O)OCC)=C(C)N=3)cc(OC)c1O. The number of methoxy groups -OCH3 is 2. The van der Waals surface area contributed by atoms with Crippen molar-refractivity contribution in [3.63, 3.8) is 0 Å². The summed E-state index contributed by atoms with van der Waals surface area (Å²) in [6, 6.07) is 9.93. The van der Waals surface area contributed by atoms with Crippen molar-refractivity contribution in [3.05, 3.63) is 96.7 Å². The molecule has 1 aliphatic heterocycles. The number of phenolic OH excluding ortho intramolecular Hbond substituents is 1. The zero-order chi connectivity index (χ0) is 26.7. The summed E-state index contributed by atoms with van der Waals surface area (Å²) >= 11 is 1.21. The van der Waals surface area contributed by atoms with E-state index in [9.17, 15) is 14.7 Å². The quantitative estimate of drug-likeness (QED) is 0.362. The van der Waals surface area contributed by atoms with Gasteiger partial charge in [0.25, 0.3) is 5.56 Å². The van der Waals surface area contributed by atoms with Gasteiger partial charge in [0.05, 0.1) is 36.6 Å². The number of benzene rings is 2. The second-order valence-electron chi connectivity index (χ2n) is 8.27. The molecule has 37 heavy (non-hydrogen) atoms. The number of esters is 1. The van der Waals surface area contributed by atoms with E-state index in [1.807, 2.05) is 18.2 Å². The Morgan fingerprint density at radius 3 is 2.62 bits per heavy atom. The number of carbonyl (C=O) groups is 1. The van der Waals surface area contributed by atoms with Gasteiger partial charge in [0.2, 0.25) is 0 Å². The third-order valence-electron chi connectivity index (χ3n) is 6.01. The van der Waals surface area contributed by atoms with E-state index in [2.05, 4.69) is 11.6 Å². The number of phenols is 1. The number of ether oxygens (including phenoxy) is 3. The van der Waals surface area contributed by atoms with E-state index >= 15 is 0 Å². The first-order valence-corrected chi connectivity index (χ1v) is 12.5. The fraction of sp³-hybridized carbons (Fsp3) is 0.250. The highest BCUT2D eigenvalue weighted by Gasteiger charge is 2.34. The first-order chi connectivity index (χ1) is 17.8. The molecule has 0 aliphatic carbocycles. The van der Waals surface area contributed by atoms with Crippen LogP contribution in [0.25, 0.3) is 6.08 Å². The zero-order valence-electron chi connectivity index (χ0n) is 21.1. The number of aromatic hydroxyl groups is 1. The number of rotatable bonds is 8. The van der Waals surface area contributed by atoms with Gasteiger partial charge in [0, 0.05) is 11.1 Å². The van der Waals surface area contributed by atoms with Crippen molar-refractivity contribution in [2.45, 2.75) is 26.3 Å². The molecule has 3 aromatic rings. The summed E-state index contributed by atoms with van der Waals surface area (Å²) in [6.45, 7) is 7.39. The fourth-order valence-corrected chi connectivity index (χ4v) is 5.42. The molecule has 1 N–H and O–H groups in total. The Bertz CT molecular complexity index is 1580. The van der Waals surface area contributed by atoms with Gasteiger partial charge in [-0.3, -0.25) is 9.36 Å². The highest BCUT2D eigenvalue weighted by atomic mass is 32.1. The largest absolute Gasteiger partial charge is 0.504 e. The minimum atomic E-state index is -0.778. The average Bonchev–Trinajstić information content (AvgIpc) is 3.19. The molecular formula is C28H28N2O6S. The third-order valence-corrected chi connectivity index (χ3v) is 6.99. The summed E-state index contributed by atoms with van der Waals surface area (Å²) in [5.41, 5.74) is 2.39. The van der Waals surface area contributed by atoms with Crippen molar-refractivity contribution in [1.29, 1.82) is 0 Å². The molecule has 1 aromatic heterocycles. The monoisotopic (exact) mass is 520 g/mol. The maximum atomic E-state index is 13.8. The summed E-state index contributed by atoms with van der Waals surface area (Å²) in [4.78, 5) is 32.0. The van der Waals surface area contributed by atoms with E-state index in [1.165, 1.54) is 23.0 Å². The topological polar surface area (TPSA) is 99.4 Å². The molecule has 0 amide bonds. The lowest BCUT2D eigenvalue weighted by atomic mass is 9.95. The van der Waals surface area contributed by atoms with Crippen molar-refractivity contribution in [3.8, 4) is 17.2 Å². The molecule has 0 spiro atoms. The molecule has 0 radical (unpaired) electrons. The minimum Gasteiger partial charge on any atom is -0.504 e. The van der Waals surface area contributed by atoms with Gasteiger partial charge in [-0.1, -0.05) is 35.6 Å². The normalized spacial score (nSPS) is 15.1. The fourth-order valence-electron chi connectivity index (χ4n) is 4.37. The average molecular weight is 521 g/mol. The molecule has 1 atom stereocenters. The molecule has 2 aromatic carbocycles. The number of nitrogens with zero attached hydrogens (tertiary/aromatic N) is 2. The maximum Gasteiger partial charge on any atom is 0.338 e. The molecule has 4 rings (SSSR count). The van der Waals surface area contributed by atoms with Gasteiger partial charge in [-0.25, -0.2) is 9.79 Å². The van der Waals surface area contributed by atoms with Gasteiger partial charge >= 0.3 is 5.97 Å². The molecule has 8 nitrogen and oxygen atoms in total. The Balaban J connectivity index is 1.98. The van der Waals surface area contributed by atoms with Crippen LogP contribution in [0.1, 0.15) is 36.6 Å². The highest BCUT2D eigenvalue weighted by molar-refractivity contribution is 7.07. The predicted molar refractivity (Wildman–Crippen MR) is 142 cm³/mol. The first kappa shape index (κ1) is 26.0. The molecule has 192 valence electrons. The molecule has 0 saturated heterocycles. The van der Waals surface area contributed by atoms with Gasteiger partial charge in [-0.15, -0.1) is 6.58 Å². The standard InChI is InChI=1S/C28H28N2O6S/c1-6-10-18-13-17(14-21(35-5)25(18)31)15-22-26(32)30-24(19-11-8-9-12-20(19)34-4)23(27(33)36-7-2)16(3)29-28(30)37-22/h6,8-9,11-15,24,31H,1,7,10H2,2-5H3/t24-/m0/s1. The number of aromatic nitrogens is 1. The van der Waals surface area contributed by atoms with Crippen LogP contribution in [0.3, 0.4) is 0 Å². The van der Waals surface area contributed by atoms with Crippen LogP contribution in [0.5, 0.6) is 17.2 Å². The van der Waals surface area contributed by atoms with E-state index in [1.54, 1.807) is 51.3 Å². The Hall–Kier alpha value is -4.11. The smallest absolute Gasteiger partial charge is 0.338 e. The van der Waals surface area contributed by atoms with E-state index in [0.29, 0.717) is 49.6 Å². The molecule has 2 heterocycles. The Kier molecular flexibility index (Phi) is 7.63. The lowest BCUT2D eigenvalue weighted by molar-refractivity contribution is -0.139. The number of hydrogen-bond acceptors (Lipinski definition) is 8. The second kappa shape index (κ2) is 10.9. The number of allylic oxidation sites excluding steroid dienone is 2. The molecule has 0 unspecified atom stereocenters. The zero-order valence-corrected chi connectivity index (χ0v) is 21.9. The lowest BCUT2D eigenvalue weighted by Crippen LogP contribution is -2.40. The van der Waals surface area contributed by atoms with Gasteiger partial charge in [-0.05, 0) is 50.1 Å². The van der Waals surface area contributed by atoms with Gasteiger partial charge in [0.15, 0.2) is 16.3 Å². The Morgan fingerprint density at radius 1 is 1.22 bits per heavy atom. The molecule has 0 fully saturated rings. The third kappa shape index (κ3) is 4.82. The van der Waals surface area contributed by atoms with Crippen molar-refractivity contribution in [2.75, 3.05) is 20.8 Å². The van der Waals surface area contributed by atoms with Crippen molar-refractivity contribution in [1.82, 2.24) is 4.57 Å². The maximum absolute atomic E-state index is 13.8. The van der Waals surface area contributed by atoms with E-state index in [0.717, 1.165) is 0 Å². The lowest BCUT2D eigenvalue weighted by Gasteiger charge is -2.25. The number of fused-ring (bicyclic) bond motifs is 1. The van der Waals surface area contributed by atoms with Crippen molar-refractivity contribution >= 4 is 23.4 Å². The molecule has 1 aliphatic rings. The molecular weight excluding hydrogens is 492 g/mol. The first-order valence-electron chi connectivity index (χ1n) is 11.7. The molecule has 0 saturated carbocycles. The van der Waals surface area contributed by atoms with Gasteiger partial charge in [-0.2, -0.15) is 0 Å². The molecule has 9 heteroatoms. The number of para-hydroxylation sites is 1. The highest BCUT2D eigenvalue weighted by Crippen LogP contribution is 2.36. The van der Waals surface area contributed by atoms with Crippen molar-refractivity contribution in [2.24, 2.45) is 4.99 Å². The van der Waals surface area contributed by atoms with Crippen LogP contribution >= 0.6 is 11.3 Å². The number of thiazole rings is 1. The van der Waals surface area contributed by atoms with E-state index < -0.39 is 12.0 Å². The van der Waals surface area contributed by atoms with Crippen LogP contribution < -0.4 is 24.4 Å². The van der Waals surface area contributed by atoms with Crippen LogP contribution in [0, 0.1) is 0 Å². The van der Waals surface area contributed by atoms with Crippen molar-refractivity contribution < 1.29 is 24.1 Å². The number of hydrogen-bond donors (Lipinski definition) is 1. The second-order valence-corrected chi connectivity index (χ2v) is 9.28. The van der Waals surface area contributed by atoms with Gasteiger partial charge in [0.1, 0.15) is 11.8 Å². The minimum absolute atomic E-state index is 0.0342. The van der Waals surface area contributed by atoms with Crippen LogP contribution in [0.4, 0.5) is 0 Å². The Morgan fingerprint density at radius 2 is 1.95 bits per heavy atom. The Labute approximate surface area is 218 Å². The van der Waals surface area contributed by atoms with Crippen LogP contribution in [0.15, 0.2) is 70.1 Å². The number of carbonyl (C=O) groups excluding carboxylic acids is 1.